The SMILES string of the molecule is COc1cc([C@H]2C(C#N)=C(N)Oc3n[nH]c(-c4ccncc4)c32)ccc1OCC(N)=O. The van der Waals surface area contributed by atoms with Crippen LogP contribution in [0.4, 0.5) is 0 Å². The zero-order chi connectivity index (χ0) is 22.0. The maximum absolute atomic E-state index is 11.1. The van der Waals surface area contributed by atoms with Crippen molar-refractivity contribution in [2.75, 3.05) is 13.7 Å². The molecule has 0 unspecified atom stereocenters. The van der Waals surface area contributed by atoms with E-state index in [0.29, 0.717) is 28.3 Å². The number of hydrogen-bond acceptors (Lipinski definition) is 8. The number of nitriles is 1. The van der Waals surface area contributed by atoms with E-state index in [1.807, 2.05) is 12.1 Å². The first kappa shape index (κ1) is 19.8. The maximum Gasteiger partial charge on any atom is 0.255 e. The van der Waals surface area contributed by atoms with E-state index in [0.717, 1.165) is 5.56 Å². The van der Waals surface area contributed by atoms with E-state index in [-0.39, 0.29) is 23.9 Å². The van der Waals surface area contributed by atoms with E-state index >= 15 is 0 Å². The van der Waals surface area contributed by atoms with Crippen molar-refractivity contribution in [3.8, 4) is 34.7 Å². The van der Waals surface area contributed by atoms with Gasteiger partial charge in [0, 0.05) is 18.0 Å². The number of aromatic nitrogens is 3. The minimum atomic E-state index is -0.608. The van der Waals surface area contributed by atoms with Crippen LogP contribution in [0.1, 0.15) is 17.0 Å². The van der Waals surface area contributed by atoms with Crippen LogP contribution < -0.4 is 25.7 Å². The molecule has 31 heavy (non-hydrogen) atoms. The summed E-state index contributed by atoms with van der Waals surface area (Å²) in [6.45, 7) is -0.290. The Balaban J connectivity index is 1.85. The highest BCUT2D eigenvalue weighted by atomic mass is 16.5. The number of allylic oxidation sites excluding steroid dienone is 1. The molecule has 1 amide bonds. The molecule has 3 aromatic rings. The number of benzene rings is 1. The molecule has 10 nitrogen and oxygen atoms in total. The van der Waals surface area contributed by atoms with Crippen LogP contribution in [0.25, 0.3) is 11.3 Å². The number of pyridine rings is 1. The van der Waals surface area contributed by atoms with Gasteiger partial charge in [-0.05, 0) is 29.8 Å². The van der Waals surface area contributed by atoms with Crippen molar-refractivity contribution in [2.45, 2.75) is 5.92 Å². The number of nitrogens with zero attached hydrogens (tertiary/aromatic N) is 3. The van der Waals surface area contributed by atoms with Crippen LogP contribution in [-0.2, 0) is 4.79 Å². The van der Waals surface area contributed by atoms with Gasteiger partial charge >= 0.3 is 0 Å². The fourth-order valence-corrected chi connectivity index (χ4v) is 3.45. The number of aromatic amines is 1. The fraction of sp³-hybridized carbons (Fsp3) is 0.143. The highest BCUT2D eigenvalue weighted by molar-refractivity contribution is 5.75. The van der Waals surface area contributed by atoms with Crippen LogP contribution in [-0.4, -0.2) is 34.8 Å². The molecule has 2 aromatic heterocycles. The number of fused-ring (bicyclic) bond motifs is 1. The molecule has 0 saturated heterocycles. The minimum absolute atomic E-state index is 0.0270. The van der Waals surface area contributed by atoms with Crippen molar-refractivity contribution in [2.24, 2.45) is 11.5 Å². The molecule has 1 aromatic carbocycles. The van der Waals surface area contributed by atoms with Gasteiger partial charge < -0.3 is 25.7 Å². The van der Waals surface area contributed by atoms with Crippen LogP contribution in [0.3, 0.4) is 0 Å². The summed E-state index contributed by atoms with van der Waals surface area (Å²) in [5.74, 6) is -0.217. The maximum atomic E-state index is 11.1. The molecular weight excluding hydrogens is 400 g/mol. The van der Waals surface area contributed by atoms with E-state index in [4.69, 9.17) is 25.7 Å². The molecule has 0 spiro atoms. The first-order valence-corrected chi connectivity index (χ1v) is 9.18. The lowest BCUT2D eigenvalue weighted by Crippen LogP contribution is -2.21. The first-order valence-electron chi connectivity index (χ1n) is 9.18. The molecule has 0 fully saturated rings. The number of carbonyl (C=O) groups is 1. The standard InChI is InChI=1S/C21H18N6O4/c1-29-15-8-12(2-3-14(15)30-10-16(23)28)17-13(9-22)20(24)31-21-18(17)19(26-27-21)11-4-6-25-7-5-11/h2-8,17H,10,24H2,1H3,(H2,23,28)(H,26,27)/t17-/m0/s1. The van der Waals surface area contributed by atoms with Crippen LogP contribution in [0.2, 0.25) is 0 Å². The monoisotopic (exact) mass is 418 g/mol. The van der Waals surface area contributed by atoms with Crippen LogP contribution in [0.5, 0.6) is 17.4 Å². The highest BCUT2D eigenvalue weighted by Gasteiger charge is 2.36. The van der Waals surface area contributed by atoms with Gasteiger partial charge in [-0.3, -0.25) is 14.9 Å². The number of nitrogens with two attached hydrogens (primary N) is 2. The van der Waals surface area contributed by atoms with Crippen LogP contribution in [0.15, 0.2) is 54.2 Å². The second-order valence-corrected chi connectivity index (χ2v) is 6.64. The summed E-state index contributed by atoms with van der Waals surface area (Å²) < 4.78 is 16.4. The van der Waals surface area contributed by atoms with E-state index in [1.165, 1.54) is 7.11 Å². The van der Waals surface area contributed by atoms with Crippen LogP contribution >= 0.6 is 0 Å². The first-order chi connectivity index (χ1) is 15.0. The second kappa shape index (κ2) is 8.08. The quantitative estimate of drug-likeness (QED) is 0.543. The molecule has 5 N–H and O–H groups in total. The number of hydrogen-bond donors (Lipinski definition) is 3. The summed E-state index contributed by atoms with van der Waals surface area (Å²) in [7, 11) is 1.47. The summed E-state index contributed by atoms with van der Waals surface area (Å²) in [5.41, 5.74) is 14.3. The zero-order valence-corrected chi connectivity index (χ0v) is 16.5. The smallest absolute Gasteiger partial charge is 0.255 e. The van der Waals surface area contributed by atoms with Gasteiger partial charge in [-0.1, -0.05) is 6.07 Å². The average Bonchev–Trinajstić information content (AvgIpc) is 3.20. The molecule has 3 heterocycles. The zero-order valence-electron chi connectivity index (χ0n) is 16.5. The van der Waals surface area contributed by atoms with Gasteiger partial charge in [0.2, 0.25) is 11.8 Å². The Morgan fingerprint density at radius 2 is 2.06 bits per heavy atom. The molecule has 1 aliphatic rings. The van der Waals surface area contributed by atoms with Crippen molar-refractivity contribution < 1.29 is 19.0 Å². The Kier molecular flexibility index (Phi) is 5.15. The fourth-order valence-electron chi connectivity index (χ4n) is 3.45. The van der Waals surface area contributed by atoms with Gasteiger partial charge in [-0.2, -0.15) is 5.26 Å². The lowest BCUT2D eigenvalue weighted by molar-refractivity contribution is -0.119. The van der Waals surface area contributed by atoms with Gasteiger partial charge in [0.1, 0.15) is 11.6 Å². The number of H-pyrrole nitrogens is 1. The molecule has 0 radical (unpaired) electrons. The lowest BCUT2D eigenvalue weighted by atomic mass is 9.83. The summed E-state index contributed by atoms with van der Waals surface area (Å²) in [6, 6.07) is 10.9. The third-order valence-electron chi connectivity index (χ3n) is 4.80. The molecule has 4 rings (SSSR count). The Labute approximate surface area is 177 Å². The average molecular weight is 418 g/mol. The number of carbonyl (C=O) groups excluding carboxylic acids is 1. The Bertz CT molecular complexity index is 1210. The van der Waals surface area contributed by atoms with Gasteiger partial charge in [0.25, 0.3) is 5.91 Å². The predicted molar refractivity (Wildman–Crippen MR) is 109 cm³/mol. The predicted octanol–water partition coefficient (Wildman–Crippen LogP) is 1.56. The van der Waals surface area contributed by atoms with E-state index in [1.54, 1.807) is 30.6 Å². The second-order valence-electron chi connectivity index (χ2n) is 6.64. The van der Waals surface area contributed by atoms with Gasteiger partial charge in [-0.15, -0.1) is 5.10 Å². The molecule has 0 bridgehead atoms. The van der Waals surface area contributed by atoms with Crippen molar-refractivity contribution >= 4 is 5.91 Å². The van der Waals surface area contributed by atoms with Gasteiger partial charge in [-0.25, -0.2) is 0 Å². The molecule has 1 atom stereocenters. The molecule has 0 aliphatic carbocycles. The lowest BCUT2D eigenvalue weighted by Gasteiger charge is -2.24. The van der Waals surface area contributed by atoms with E-state index in [9.17, 15) is 10.1 Å². The Hall–Kier alpha value is -4.52. The Morgan fingerprint density at radius 3 is 2.74 bits per heavy atom. The summed E-state index contributed by atoms with van der Waals surface area (Å²) in [5, 5.41) is 17.0. The summed E-state index contributed by atoms with van der Waals surface area (Å²) >= 11 is 0. The summed E-state index contributed by atoms with van der Waals surface area (Å²) in [6.07, 6.45) is 3.31. The topological polar surface area (TPSA) is 162 Å². The van der Waals surface area contributed by atoms with Gasteiger partial charge in [0.15, 0.2) is 18.1 Å². The van der Waals surface area contributed by atoms with Crippen molar-refractivity contribution in [1.82, 2.24) is 15.2 Å². The van der Waals surface area contributed by atoms with Crippen LogP contribution in [0, 0.1) is 11.3 Å². The molecular formula is C21H18N6O4. The minimum Gasteiger partial charge on any atom is -0.493 e. The van der Waals surface area contributed by atoms with Gasteiger partial charge in [0.05, 0.1) is 24.3 Å². The third kappa shape index (κ3) is 3.60. The molecule has 0 saturated carbocycles. The molecule has 1 aliphatic heterocycles. The highest BCUT2D eigenvalue weighted by Crippen LogP contribution is 2.46. The van der Waals surface area contributed by atoms with Crippen molar-refractivity contribution in [3.05, 3.63) is 65.3 Å². The van der Waals surface area contributed by atoms with Crippen molar-refractivity contribution in [3.63, 3.8) is 0 Å². The number of amides is 1. The number of nitrogens with one attached hydrogen (secondary N) is 1. The number of primary amides is 1. The molecule has 156 valence electrons. The largest absolute Gasteiger partial charge is 0.493 e. The molecule has 10 heteroatoms. The van der Waals surface area contributed by atoms with Crippen molar-refractivity contribution in [1.29, 1.82) is 5.26 Å². The summed E-state index contributed by atoms with van der Waals surface area (Å²) in [4.78, 5) is 15.1. The number of ether oxygens (including phenoxy) is 3. The third-order valence-corrected chi connectivity index (χ3v) is 4.80. The van der Waals surface area contributed by atoms with E-state index < -0.39 is 11.8 Å². The number of methoxy groups -OCH3 is 1. The number of rotatable bonds is 6. The normalized spacial score (nSPS) is 14.9. The van der Waals surface area contributed by atoms with E-state index in [2.05, 4.69) is 21.3 Å². The Morgan fingerprint density at radius 1 is 1.29 bits per heavy atom.